The van der Waals surface area contributed by atoms with Gasteiger partial charge in [-0.05, 0) is 24.9 Å². The molecule has 0 spiro atoms. The van der Waals surface area contributed by atoms with Gasteiger partial charge < -0.3 is 15.0 Å². The van der Waals surface area contributed by atoms with Gasteiger partial charge in [0.1, 0.15) is 5.75 Å². The molecule has 1 fully saturated rings. The summed E-state index contributed by atoms with van der Waals surface area (Å²) in [6.45, 7) is 2.59. The predicted molar refractivity (Wildman–Crippen MR) is 56.1 cm³/mol. The number of nitrogens with zero attached hydrogens (tertiary/aromatic N) is 1. The Hall–Kier alpha value is -1.29. The van der Waals surface area contributed by atoms with E-state index < -0.39 is 0 Å². The molecule has 2 bridgehead atoms. The maximum absolute atomic E-state index is 11.7. The Bertz CT molecular complexity index is 452. The first-order valence-electron chi connectivity index (χ1n) is 5.39. The van der Waals surface area contributed by atoms with E-state index in [-0.39, 0.29) is 11.3 Å². The highest BCUT2D eigenvalue weighted by molar-refractivity contribution is 5.31. The molecule has 2 atom stereocenters. The smallest absolute Gasteiger partial charge is 0.250 e. The second kappa shape index (κ2) is 3.10. The zero-order valence-corrected chi connectivity index (χ0v) is 8.44. The molecule has 0 saturated carbocycles. The lowest BCUT2D eigenvalue weighted by molar-refractivity contribution is 0.249. The molecule has 0 aromatic carbocycles. The molecule has 1 saturated heterocycles. The van der Waals surface area contributed by atoms with Crippen LogP contribution in [-0.2, 0) is 6.54 Å². The molecule has 2 aliphatic rings. The van der Waals surface area contributed by atoms with E-state index in [0.717, 1.165) is 31.7 Å². The third kappa shape index (κ3) is 1.28. The Balaban J connectivity index is 2.20. The van der Waals surface area contributed by atoms with Crippen molar-refractivity contribution >= 4 is 0 Å². The minimum absolute atomic E-state index is 0.0133. The standard InChI is InChI=1S/C11H14N2O2/c14-9-1-2-10(15)13-6-7-3-8(11(9)13)5-12-4-7/h1-2,7-8,12,14H,3-6H2/t7-,8+/m0/s1. The number of hydrogen-bond acceptors (Lipinski definition) is 3. The number of aromatic nitrogens is 1. The van der Waals surface area contributed by atoms with Crippen molar-refractivity contribution in [3.8, 4) is 5.75 Å². The molecule has 4 nitrogen and oxygen atoms in total. The molecule has 0 unspecified atom stereocenters. The minimum atomic E-state index is 0.0133. The topological polar surface area (TPSA) is 54.3 Å². The molecule has 0 amide bonds. The molecule has 2 N–H and O–H groups in total. The number of pyridine rings is 1. The van der Waals surface area contributed by atoms with Gasteiger partial charge in [0.2, 0.25) is 0 Å². The van der Waals surface area contributed by atoms with Crippen LogP contribution in [0.2, 0.25) is 0 Å². The van der Waals surface area contributed by atoms with Crippen LogP contribution in [0.5, 0.6) is 5.75 Å². The van der Waals surface area contributed by atoms with Gasteiger partial charge in [0.15, 0.2) is 0 Å². The second-order valence-corrected chi connectivity index (χ2v) is 4.51. The molecule has 3 rings (SSSR count). The fraction of sp³-hybridized carbons (Fsp3) is 0.545. The van der Waals surface area contributed by atoms with E-state index >= 15 is 0 Å². The van der Waals surface area contributed by atoms with Gasteiger partial charge in [0, 0.05) is 25.1 Å². The zero-order chi connectivity index (χ0) is 10.4. The average Bonchev–Trinajstić information content (AvgIpc) is 2.24. The van der Waals surface area contributed by atoms with Crippen molar-refractivity contribution in [2.75, 3.05) is 13.1 Å². The normalized spacial score (nSPS) is 28.5. The third-order valence-corrected chi connectivity index (χ3v) is 3.47. The molecule has 4 heteroatoms. The fourth-order valence-electron chi connectivity index (χ4n) is 2.84. The summed E-state index contributed by atoms with van der Waals surface area (Å²) in [4.78, 5) is 11.7. The zero-order valence-electron chi connectivity index (χ0n) is 8.44. The van der Waals surface area contributed by atoms with Crippen molar-refractivity contribution in [2.45, 2.75) is 18.9 Å². The van der Waals surface area contributed by atoms with Crippen molar-refractivity contribution in [3.05, 3.63) is 28.2 Å². The van der Waals surface area contributed by atoms with E-state index in [9.17, 15) is 9.90 Å². The molecular weight excluding hydrogens is 192 g/mol. The highest BCUT2D eigenvalue weighted by atomic mass is 16.3. The number of rotatable bonds is 0. The van der Waals surface area contributed by atoms with Gasteiger partial charge >= 0.3 is 0 Å². The van der Waals surface area contributed by atoms with Gasteiger partial charge in [-0.15, -0.1) is 0 Å². The summed E-state index contributed by atoms with van der Waals surface area (Å²) in [5.41, 5.74) is 0.838. The summed E-state index contributed by atoms with van der Waals surface area (Å²) < 4.78 is 1.75. The largest absolute Gasteiger partial charge is 0.506 e. The lowest BCUT2D eigenvalue weighted by atomic mass is 9.84. The summed E-state index contributed by atoms with van der Waals surface area (Å²) in [7, 11) is 0. The lowest BCUT2D eigenvalue weighted by Gasteiger charge is -2.37. The maximum Gasteiger partial charge on any atom is 0.250 e. The third-order valence-electron chi connectivity index (χ3n) is 3.47. The molecule has 3 heterocycles. The summed E-state index contributed by atoms with van der Waals surface area (Å²) in [6, 6.07) is 2.97. The predicted octanol–water partition coefficient (Wildman–Crippen LogP) is 0.261. The van der Waals surface area contributed by atoms with E-state index in [1.165, 1.54) is 12.1 Å². The summed E-state index contributed by atoms with van der Waals surface area (Å²) in [6.07, 6.45) is 1.09. The van der Waals surface area contributed by atoms with Gasteiger partial charge in [0.25, 0.3) is 5.56 Å². The van der Waals surface area contributed by atoms with Crippen LogP contribution in [0.25, 0.3) is 0 Å². The number of piperidine rings is 1. The van der Waals surface area contributed by atoms with Crippen LogP contribution >= 0.6 is 0 Å². The summed E-state index contributed by atoms with van der Waals surface area (Å²) in [5, 5.41) is 13.2. The summed E-state index contributed by atoms with van der Waals surface area (Å²) >= 11 is 0. The maximum atomic E-state index is 11.7. The van der Waals surface area contributed by atoms with Crippen molar-refractivity contribution in [1.82, 2.24) is 9.88 Å². The number of hydrogen-bond donors (Lipinski definition) is 2. The molecule has 0 aliphatic carbocycles. The van der Waals surface area contributed by atoms with E-state index in [0.29, 0.717) is 11.8 Å². The van der Waals surface area contributed by atoms with Crippen LogP contribution in [0, 0.1) is 5.92 Å². The van der Waals surface area contributed by atoms with Gasteiger partial charge in [-0.1, -0.05) is 0 Å². The monoisotopic (exact) mass is 206 g/mol. The molecule has 1 aromatic heterocycles. The van der Waals surface area contributed by atoms with E-state index in [4.69, 9.17) is 0 Å². The van der Waals surface area contributed by atoms with E-state index in [1.54, 1.807) is 4.57 Å². The number of aromatic hydroxyl groups is 1. The molecule has 1 aromatic rings. The molecule has 80 valence electrons. The highest BCUT2D eigenvalue weighted by Gasteiger charge is 2.32. The van der Waals surface area contributed by atoms with Crippen LogP contribution in [0.4, 0.5) is 0 Å². The number of fused-ring (bicyclic) bond motifs is 4. The van der Waals surface area contributed by atoms with Gasteiger partial charge in [-0.2, -0.15) is 0 Å². The molecule has 15 heavy (non-hydrogen) atoms. The van der Waals surface area contributed by atoms with E-state index in [1.807, 2.05) is 0 Å². The fourth-order valence-corrected chi connectivity index (χ4v) is 2.84. The van der Waals surface area contributed by atoms with Crippen molar-refractivity contribution in [2.24, 2.45) is 5.92 Å². The Morgan fingerprint density at radius 2 is 2.27 bits per heavy atom. The van der Waals surface area contributed by atoms with Gasteiger partial charge in [-0.25, -0.2) is 0 Å². The van der Waals surface area contributed by atoms with Crippen molar-refractivity contribution < 1.29 is 5.11 Å². The van der Waals surface area contributed by atoms with E-state index in [2.05, 4.69) is 5.32 Å². The molecular formula is C11H14N2O2. The first-order chi connectivity index (χ1) is 7.25. The Morgan fingerprint density at radius 1 is 1.40 bits per heavy atom. The van der Waals surface area contributed by atoms with Crippen LogP contribution in [0.15, 0.2) is 16.9 Å². The number of nitrogens with one attached hydrogen (secondary N) is 1. The minimum Gasteiger partial charge on any atom is -0.506 e. The second-order valence-electron chi connectivity index (χ2n) is 4.51. The first kappa shape index (κ1) is 8.97. The average molecular weight is 206 g/mol. The van der Waals surface area contributed by atoms with Gasteiger partial charge in [-0.3, -0.25) is 4.79 Å². The van der Waals surface area contributed by atoms with Crippen LogP contribution in [0.1, 0.15) is 18.0 Å². The Morgan fingerprint density at radius 3 is 3.13 bits per heavy atom. The Labute approximate surface area is 87.5 Å². The van der Waals surface area contributed by atoms with Crippen molar-refractivity contribution in [1.29, 1.82) is 0 Å². The van der Waals surface area contributed by atoms with Crippen molar-refractivity contribution in [3.63, 3.8) is 0 Å². The molecule has 0 radical (unpaired) electrons. The Kier molecular flexibility index (Phi) is 1.85. The first-order valence-corrected chi connectivity index (χ1v) is 5.39. The van der Waals surface area contributed by atoms with Crippen LogP contribution < -0.4 is 10.9 Å². The van der Waals surface area contributed by atoms with Gasteiger partial charge in [0.05, 0.1) is 5.69 Å². The van der Waals surface area contributed by atoms with Crippen LogP contribution in [0.3, 0.4) is 0 Å². The lowest BCUT2D eigenvalue weighted by Crippen LogP contribution is -2.44. The molecule has 2 aliphatic heterocycles. The SMILES string of the molecule is O=c1ccc(O)c2n1C[C@@H]1CNC[C@H]2C1. The quantitative estimate of drug-likeness (QED) is 0.640. The highest BCUT2D eigenvalue weighted by Crippen LogP contribution is 2.35. The van der Waals surface area contributed by atoms with Crippen LogP contribution in [-0.4, -0.2) is 22.8 Å². The summed E-state index contributed by atoms with van der Waals surface area (Å²) in [5.74, 6) is 1.10.